The first-order valence-corrected chi connectivity index (χ1v) is 9.11. The second kappa shape index (κ2) is 7.91. The van der Waals surface area contributed by atoms with E-state index in [1.54, 1.807) is 18.2 Å². The zero-order valence-electron chi connectivity index (χ0n) is 14.5. The van der Waals surface area contributed by atoms with Crippen molar-refractivity contribution in [3.8, 4) is 0 Å². The Morgan fingerprint density at radius 1 is 1.30 bits per heavy atom. The average Bonchev–Trinajstić information content (AvgIpc) is 2.64. The van der Waals surface area contributed by atoms with E-state index >= 15 is 0 Å². The number of carboxylic acid groups (broad SMARTS) is 1. The number of nitrogens with one attached hydrogen (secondary N) is 1. The summed E-state index contributed by atoms with van der Waals surface area (Å²) in [6.07, 6.45) is 0.529. The molecule has 0 spiro atoms. The summed E-state index contributed by atoms with van der Waals surface area (Å²) >= 11 is 3.06. The van der Waals surface area contributed by atoms with Crippen LogP contribution in [0.25, 0.3) is 0 Å². The normalized spacial score (nSPS) is 16.9. The molecule has 1 unspecified atom stereocenters. The predicted molar refractivity (Wildman–Crippen MR) is 103 cm³/mol. The number of carbonyl (C=O) groups excluding carboxylic acids is 1. The van der Waals surface area contributed by atoms with Crippen LogP contribution in [-0.4, -0.2) is 52.7 Å². The molecule has 27 heavy (non-hydrogen) atoms. The van der Waals surface area contributed by atoms with Crippen LogP contribution in [0.15, 0.2) is 41.0 Å². The molecule has 2 aromatic rings. The maximum Gasteiger partial charge on any atom is 0.407 e. The van der Waals surface area contributed by atoms with Crippen molar-refractivity contribution in [2.75, 3.05) is 29.9 Å². The van der Waals surface area contributed by atoms with Crippen LogP contribution < -0.4 is 10.2 Å². The quantitative estimate of drug-likeness (QED) is 0.769. The number of benzene rings is 1. The number of amides is 2. The molecule has 1 fully saturated rings. The zero-order valence-corrected chi connectivity index (χ0v) is 16.1. The summed E-state index contributed by atoms with van der Waals surface area (Å²) in [7, 11) is 0. The van der Waals surface area contributed by atoms with Gasteiger partial charge in [0.05, 0.1) is 10.0 Å². The number of rotatable bonds is 3. The highest BCUT2D eigenvalue weighted by atomic mass is 79.9. The monoisotopic (exact) mass is 436 g/mol. The average molecular weight is 437 g/mol. The van der Waals surface area contributed by atoms with E-state index in [0.29, 0.717) is 41.2 Å². The Labute approximate surface area is 163 Å². The third kappa shape index (κ3) is 4.36. The summed E-state index contributed by atoms with van der Waals surface area (Å²) in [6.45, 7) is 3.26. The van der Waals surface area contributed by atoms with Gasteiger partial charge in [0.25, 0.3) is 5.91 Å². The first kappa shape index (κ1) is 19.1. The molecule has 9 heteroatoms. The summed E-state index contributed by atoms with van der Waals surface area (Å²) in [5, 5.41) is 11.7. The number of hydrogen-bond acceptors (Lipinski definition) is 4. The Bertz CT molecular complexity index is 862. The number of pyridine rings is 1. The van der Waals surface area contributed by atoms with Gasteiger partial charge >= 0.3 is 6.09 Å². The number of carbonyl (C=O) groups is 2. The fraction of sp³-hybridized carbons (Fsp3) is 0.278. The SMILES string of the molecule is CC1CN(C(=O)O)CCN1c1ccc(C(=O)Nc2ccc(Br)c(F)c2)cn1. The summed E-state index contributed by atoms with van der Waals surface area (Å²) in [6, 6.07) is 7.69. The zero-order chi connectivity index (χ0) is 19.6. The number of halogens is 2. The van der Waals surface area contributed by atoms with Crippen molar-refractivity contribution >= 4 is 39.4 Å². The van der Waals surface area contributed by atoms with Crippen LogP contribution in [0.5, 0.6) is 0 Å². The molecule has 1 aliphatic rings. The van der Waals surface area contributed by atoms with Crippen molar-refractivity contribution in [1.29, 1.82) is 0 Å². The highest BCUT2D eigenvalue weighted by Gasteiger charge is 2.27. The summed E-state index contributed by atoms with van der Waals surface area (Å²) < 4.78 is 13.9. The van der Waals surface area contributed by atoms with Gasteiger partial charge < -0.3 is 20.2 Å². The van der Waals surface area contributed by atoms with Crippen molar-refractivity contribution in [2.24, 2.45) is 0 Å². The van der Waals surface area contributed by atoms with Crippen LogP contribution in [-0.2, 0) is 0 Å². The van der Waals surface area contributed by atoms with Gasteiger partial charge in [-0.15, -0.1) is 0 Å². The fourth-order valence-corrected chi connectivity index (χ4v) is 3.19. The lowest BCUT2D eigenvalue weighted by atomic mass is 10.2. The lowest BCUT2D eigenvalue weighted by Crippen LogP contribution is -2.53. The molecule has 2 heterocycles. The van der Waals surface area contributed by atoms with Gasteiger partial charge in [0.2, 0.25) is 0 Å². The van der Waals surface area contributed by atoms with E-state index in [4.69, 9.17) is 5.11 Å². The third-order valence-electron chi connectivity index (χ3n) is 4.38. The molecule has 0 radical (unpaired) electrons. The second-order valence-corrected chi connectivity index (χ2v) is 7.11. The minimum atomic E-state index is -0.925. The smallest absolute Gasteiger partial charge is 0.407 e. The first-order chi connectivity index (χ1) is 12.8. The molecular weight excluding hydrogens is 419 g/mol. The van der Waals surface area contributed by atoms with Crippen LogP contribution in [0.4, 0.5) is 20.7 Å². The fourth-order valence-electron chi connectivity index (χ4n) is 2.94. The van der Waals surface area contributed by atoms with E-state index in [1.807, 2.05) is 11.8 Å². The number of anilines is 2. The molecule has 3 rings (SSSR count). The standard InChI is InChI=1S/C18H18BrFN4O3/c1-11-10-23(18(26)27)6-7-24(11)16-5-2-12(9-21-16)17(25)22-13-3-4-14(19)15(20)8-13/h2-5,8-9,11H,6-7,10H2,1H3,(H,22,25)(H,26,27). The molecule has 1 aliphatic heterocycles. The number of piperazine rings is 1. The lowest BCUT2D eigenvalue weighted by molar-refractivity contribution is 0.102. The highest BCUT2D eigenvalue weighted by Crippen LogP contribution is 2.21. The maximum absolute atomic E-state index is 13.5. The molecule has 2 N–H and O–H groups in total. The molecule has 1 aromatic heterocycles. The van der Waals surface area contributed by atoms with E-state index in [1.165, 1.54) is 23.2 Å². The van der Waals surface area contributed by atoms with Crippen LogP contribution in [0.3, 0.4) is 0 Å². The Hall–Kier alpha value is -2.68. The van der Waals surface area contributed by atoms with Gasteiger partial charge in [0.1, 0.15) is 11.6 Å². The molecule has 0 saturated carbocycles. The minimum Gasteiger partial charge on any atom is -0.465 e. The van der Waals surface area contributed by atoms with E-state index in [9.17, 15) is 14.0 Å². The van der Waals surface area contributed by atoms with E-state index in [2.05, 4.69) is 26.2 Å². The Kier molecular flexibility index (Phi) is 5.59. The largest absolute Gasteiger partial charge is 0.465 e. The van der Waals surface area contributed by atoms with Crippen LogP contribution >= 0.6 is 15.9 Å². The van der Waals surface area contributed by atoms with Gasteiger partial charge in [-0.1, -0.05) is 0 Å². The van der Waals surface area contributed by atoms with Crippen molar-refractivity contribution in [1.82, 2.24) is 9.88 Å². The van der Waals surface area contributed by atoms with E-state index < -0.39 is 11.9 Å². The molecule has 0 bridgehead atoms. The maximum atomic E-state index is 13.5. The van der Waals surface area contributed by atoms with Crippen molar-refractivity contribution in [3.05, 3.63) is 52.4 Å². The molecule has 1 aromatic carbocycles. The van der Waals surface area contributed by atoms with Crippen LogP contribution in [0, 0.1) is 5.82 Å². The molecule has 1 saturated heterocycles. The number of nitrogens with zero attached hydrogens (tertiary/aromatic N) is 3. The molecule has 0 aliphatic carbocycles. The summed E-state index contributed by atoms with van der Waals surface area (Å²) in [4.78, 5) is 31.1. The minimum absolute atomic E-state index is 0.0206. The Morgan fingerprint density at radius 3 is 2.67 bits per heavy atom. The predicted octanol–water partition coefficient (Wildman–Crippen LogP) is 3.42. The molecule has 142 valence electrons. The van der Waals surface area contributed by atoms with Crippen molar-refractivity contribution < 1.29 is 19.1 Å². The molecular formula is C18H18BrFN4O3. The number of aromatic nitrogens is 1. The highest BCUT2D eigenvalue weighted by molar-refractivity contribution is 9.10. The molecule has 7 nitrogen and oxygen atoms in total. The van der Waals surface area contributed by atoms with Gasteiger partial charge in [0.15, 0.2) is 0 Å². The lowest BCUT2D eigenvalue weighted by Gasteiger charge is -2.39. The second-order valence-electron chi connectivity index (χ2n) is 6.26. The van der Waals surface area contributed by atoms with Crippen LogP contribution in [0.1, 0.15) is 17.3 Å². The summed E-state index contributed by atoms with van der Waals surface area (Å²) in [5.74, 6) is -0.172. The summed E-state index contributed by atoms with van der Waals surface area (Å²) in [5.41, 5.74) is 0.696. The Balaban J connectivity index is 1.67. The van der Waals surface area contributed by atoms with E-state index in [-0.39, 0.29) is 11.9 Å². The van der Waals surface area contributed by atoms with Crippen LogP contribution in [0.2, 0.25) is 0 Å². The Morgan fingerprint density at radius 2 is 2.07 bits per heavy atom. The topological polar surface area (TPSA) is 85.8 Å². The molecule has 1 atom stereocenters. The third-order valence-corrected chi connectivity index (χ3v) is 5.02. The van der Waals surface area contributed by atoms with Gasteiger partial charge in [-0.25, -0.2) is 14.2 Å². The van der Waals surface area contributed by atoms with E-state index in [0.717, 1.165) is 0 Å². The first-order valence-electron chi connectivity index (χ1n) is 8.32. The van der Waals surface area contributed by atoms with Gasteiger partial charge in [0, 0.05) is 37.6 Å². The van der Waals surface area contributed by atoms with Gasteiger partial charge in [-0.2, -0.15) is 0 Å². The van der Waals surface area contributed by atoms with Crippen molar-refractivity contribution in [3.63, 3.8) is 0 Å². The number of hydrogen-bond donors (Lipinski definition) is 2. The van der Waals surface area contributed by atoms with Gasteiger partial charge in [-0.05, 0) is 53.2 Å². The molecule has 2 amide bonds. The van der Waals surface area contributed by atoms with Crippen molar-refractivity contribution in [2.45, 2.75) is 13.0 Å². The van der Waals surface area contributed by atoms with Gasteiger partial charge in [-0.3, -0.25) is 4.79 Å².